The molecule has 1 heterocycles. The second-order valence-corrected chi connectivity index (χ2v) is 6.35. The lowest BCUT2D eigenvalue weighted by molar-refractivity contribution is -0.704. The average molecular weight is 303 g/mol. The lowest BCUT2D eigenvalue weighted by atomic mass is 10.0. The fraction of sp³-hybridized carbons (Fsp3) is 0.353. The predicted octanol–water partition coefficient (Wildman–Crippen LogP) is 2.23. The molecule has 0 aliphatic rings. The molecule has 4 heteroatoms. The summed E-state index contributed by atoms with van der Waals surface area (Å²) in [5.41, 5.74) is 7.98. The summed E-state index contributed by atoms with van der Waals surface area (Å²) in [4.78, 5) is 12.6. The summed E-state index contributed by atoms with van der Waals surface area (Å²) in [5, 5.41) is 4.11. The number of carbonyl (C=O) groups excluding carboxylic acids is 1. The fourth-order valence-electron chi connectivity index (χ4n) is 2.40. The Kier molecular flexibility index (Phi) is 5.53. The van der Waals surface area contributed by atoms with E-state index < -0.39 is 0 Å². The van der Waals surface area contributed by atoms with E-state index in [1.165, 1.54) is 16.0 Å². The molecule has 0 spiro atoms. The van der Waals surface area contributed by atoms with Crippen molar-refractivity contribution in [1.82, 2.24) is 0 Å². The number of aryl methyl sites for hydroxylation is 1. The van der Waals surface area contributed by atoms with Gasteiger partial charge in [0.25, 0.3) is 5.91 Å². The van der Waals surface area contributed by atoms with Gasteiger partial charge in [0.05, 0.1) is 4.88 Å². The topological polar surface area (TPSA) is 59.7 Å². The summed E-state index contributed by atoms with van der Waals surface area (Å²) in [6, 6.07) is 12.7. The van der Waals surface area contributed by atoms with Crippen LogP contribution in [0.5, 0.6) is 0 Å². The van der Waals surface area contributed by atoms with Crippen LogP contribution < -0.4 is 11.1 Å². The minimum atomic E-state index is -0.279. The molecule has 2 rings (SSSR count). The van der Waals surface area contributed by atoms with E-state index >= 15 is 0 Å². The third-order valence-corrected chi connectivity index (χ3v) is 4.61. The van der Waals surface area contributed by atoms with E-state index in [9.17, 15) is 4.79 Å². The Balaban J connectivity index is 2.24. The van der Waals surface area contributed by atoms with Crippen LogP contribution >= 0.6 is 11.3 Å². The molecule has 0 saturated heterocycles. The normalized spacial score (nSPS) is 13.8. The third-order valence-electron chi connectivity index (χ3n) is 3.66. The van der Waals surface area contributed by atoms with E-state index in [-0.39, 0.29) is 18.0 Å². The second-order valence-electron chi connectivity index (χ2n) is 5.37. The van der Waals surface area contributed by atoms with Gasteiger partial charge >= 0.3 is 0 Å². The standard InChI is InChI=1S/C17H22N2OS/c1-3-5-13-7-9-14(10-8-13)16(15-6-4-11-21-15)19-12(2)17(18)20/h4,6-12,16,19H,3,5H2,1-2H3,(H2,18,20)/p+1/t12-,16-/m0/s1. The van der Waals surface area contributed by atoms with Crippen LogP contribution in [0.4, 0.5) is 0 Å². The number of amides is 1. The van der Waals surface area contributed by atoms with Crippen LogP contribution in [0, 0.1) is 0 Å². The molecule has 21 heavy (non-hydrogen) atoms. The number of carbonyl (C=O) groups is 1. The molecular weight excluding hydrogens is 280 g/mol. The maximum absolute atomic E-state index is 11.4. The number of rotatable bonds is 7. The molecule has 0 fully saturated rings. The molecule has 0 saturated carbocycles. The van der Waals surface area contributed by atoms with Crippen LogP contribution in [-0.2, 0) is 11.2 Å². The first-order valence-corrected chi connectivity index (χ1v) is 8.26. The SMILES string of the molecule is CCCc1ccc([C@H]([NH2+][C@@H](C)C(N)=O)c2cccs2)cc1. The first-order chi connectivity index (χ1) is 10.1. The largest absolute Gasteiger partial charge is 0.365 e. The van der Waals surface area contributed by atoms with E-state index in [4.69, 9.17) is 5.73 Å². The summed E-state index contributed by atoms with van der Waals surface area (Å²) in [6.45, 7) is 4.04. The van der Waals surface area contributed by atoms with Gasteiger partial charge < -0.3 is 11.1 Å². The van der Waals surface area contributed by atoms with Gasteiger partial charge in [-0.25, -0.2) is 0 Å². The van der Waals surface area contributed by atoms with Gasteiger partial charge in [0, 0.05) is 5.56 Å². The Bertz CT molecular complexity index is 563. The highest BCUT2D eigenvalue weighted by atomic mass is 32.1. The van der Waals surface area contributed by atoms with Crippen LogP contribution in [0.2, 0.25) is 0 Å². The number of thiophene rings is 1. The molecule has 0 aliphatic heterocycles. The van der Waals surface area contributed by atoms with E-state index in [1.54, 1.807) is 11.3 Å². The Hall–Kier alpha value is -1.65. The Labute approximate surface area is 130 Å². The quantitative estimate of drug-likeness (QED) is 0.809. The zero-order chi connectivity index (χ0) is 15.2. The van der Waals surface area contributed by atoms with Gasteiger partial charge in [-0.15, -0.1) is 11.3 Å². The molecule has 0 bridgehead atoms. The van der Waals surface area contributed by atoms with Crippen molar-refractivity contribution in [3.63, 3.8) is 0 Å². The van der Waals surface area contributed by atoms with Gasteiger partial charge in [0.2, 0.25) is 0 Å². The summed E-state index contributed by atoms with van der Waals surface area (Å²) in [5.74, 6) is -0.279. The third kappa shape index (κ3) is 4.16. The van der Waals surface area contributed by atoms with Gasteiger partial charge in [-0.05, 0) is 30.4 Å². The molecule has 1 aromatic carbocycles. The van der Waals surface area contributed by atoms with Crippen molar-refractivity contribution in [3.8, 4) is 0 Å². The summed E-state index contributed by atoms with van der Waals surface area (Å²) in [7, 11) is 0. The van der Waals surface area contributed by atoms with Crippen molar-refractivity contribution in [2.45, 2.75) is 38.8 Å². The van der Waals surface area contributed by atoms with E-state index in [1.807, 2.05) is 18.3 Å². The first-order valence-electron chi connectivity index (χ1n) is 7.38. The van der Waals surface area contributed by atoms with Crippen LogP contribution in [-0.4, -0.2) is 11.9 Å². The van der Waals surface area contributed by atoms with E-state index in [2.05, 4.69) is 42.6 Å². The van der Waals surface area contributed by atoms with Crippen LogP contribution in [0.3, 0.4) is 0 Å². The van der Waals surface area contributed by atoms with Crippen LogP contribution in [0.15, 0.2) is 41.8 Å². The van der Waals surface area contributed by atoms with Crippen molar-refractivity contribution in [1.29, 1.82) is 0 Å². The summed E-state index contributed by atoms with van der Waals surface area (Å²) >= 11 is 1.71. The Morgan fingerprint density at radius 2 is 2.00 bits per heavy atom. The van der Waals surface area contributed by atoms with Gasteiger partial charge in [0.1, 0.15) is 6.04 Å². The molecule has 112 valence electrons. The molecule has 2 aromatic rings. The van der Waals surface area contributed by atoms with E-state index in [0.29, 0.717) is 0 Å². The molecule has 1 aromatic heterocycles. The highest BCUT2D eigenvalue weighted by Gasteiger charge is 2.23. The molecular formula is C17H23N2OS+. The fourth-order valence-corrected chi connectivity index (χ4v) is 3.23. The van der Waals surface area contributed by atoms with Crippen molar-refractivity contribution in [2.24, 2.45) is 5.73 Å². The van der Waals surface area contributed by atoms with E-state index in [0.717, 1.165) is 12.8 Å². The monoisotopic (exact) mass is 303 g/mol. The first kappa shape index (κ1) is 15.7. The summed E-state index contributed by atoms with van der Waals surface area (Å²) < 4.78 is 0. The van der Waals surface area contributed by atoms with Crippen molar-refractivity contribution < 1.29 is 10.1 Å². The number of quaternary nitrogens is 1. The van der Waals surface area contributed by atoms with Crippen LogP contribution in [0.1, 0.15) is 42.3 Å². The lowest BCUT2D eigenvalue weighted by Gasteiger charge is -2.18. The number of primary amides is 1. The van der Waals surface area contributed by atoms with Gasteiger partial charge in [0.15, 0.2) is 6.04 Å². The molecule has 2 atom stereocenters. The molecule has 0 aliphatic carbocycles. The highest BCUT2D eigenvalue weighted by molar-refractivity contribution is 7.10. The molecule has 0 unspecified atom stereocenters. The smallest absolute Gasteiger partial charge is 0.275 e. The number of hydrogen-bond donors (Lipinski definition) is 2. The number of nitrogens with two attached hydrogens (primary N) is 2. The Morgan fingerprint density at radius 3 is 2.52 bits per heavy atom. The summed E-state index contributed by atoms with van der Waals surface area (Å²) in [6.07, 6.45) is 2.25. The Morgan fingerprint density at radius 1 is 1.29 bits per heavy atom. The number of benzene rings is 1. The van der Waals surface area contributed by atoms with Crippen molar-refractivity contribution in [3.05, 3.63) is 57.8 Å². The minimum absolute atomic E-state index is 0.128. The molecule has 4 N–H and O–H groups in total. The molecule has 1 amide bonds. The number of hydrogen-bond acceptors (Lipinski definition) is 2. The molecule has 0 radical (unpaired) electrons. The van der Waals surface area contributed by atoms with Gasteiger partial charge in [-0.2, -0.15) is 0 Å². The minimum Gasteiger partial charge on any atom is -0.365 e. The second kappa shape index (κ2) is 7.38. The van der Waals surface area contributed by atoms with Gasteiger partial charge in [-0.3, -0.25) is 4.79 Å². The average Bonchev–Trinajstić information content (AvgIpc) is 2.99. The van der Waals surface area contributed by atoms with Crippen LogP contribution in [0.25, 0.3) is 0 Å². The maximum Gasteiger partial charge on any atom is 0.275 e. The maximum atomic E-state index is 11.4. The zero-order valence-corrected chi connectivity index (χ0v) is 13.4. The van der Waals surface area contributed by atoms with Crippen molar-refractivity contribution >= 4 is 17.2 Å². The van der Waals surface area contributed by atoms with Gasteiger partial charge in [-0.1, -0.05) is 43.7 Å². The van der Waals surface area contributed by atoms with Crippen molar-refractivity contribution in [2.75, 3.05) is 0 Å². The zero-order valence-electron chi connectivity index (χ0n) is 12.6. The highest BCUT2D eigenvalue weighted by Crippen LogP contribution is 2.23. The molecule has 3 nitrogen and oxygen atoms in total. The predicted molar refractivity (Wildman–Crippen MR) is 87.2 cm³/mol. The lowest BCUT2D eigenvalue weighted by Crippen LogP contribution is -2.92.